The minimum absolute atomic E-state index is 0.189. The number of hydrogen-bond donors (Lipinski definition) is 3. The molecular weight excluding hydrogens is 222 g/mol. The van der Waals surface area contributed by atoms with E-state index in [9.17, 15) is 9.59 Å². The van der Waals surface area contributed by atoms with E-state index in [4.69, 9.17) is 0 Å². The van der Waals surface area contributed by atoms with Crippen LogP contribution in [0, 0.1) is 0 Å². The van der Waals surface area contributed by atoms with Crippen molar-refractivity contribution in [2.24, 2.45) is 0 Å². The molecule has 0 saturated heterocycles. The number of H-pyrrole nitrogens is 2. The van der Waals surface area contributed by atoms with Crippen LogP contribution in [0.4, 0.5) is 0 Å². The van der Waals surface area contributed by atoms with Gasteiger partial charge in [-0.25, -0.2) is 5.10 Å². The average molecular weight is 233 g/mol. The lowest BCUT2D eigenvalue weighted by Gasteiger charge is -2.02. The predicted molar refractivity (Wildman–Crippen MR) is 59.5 cm³/mol. The molecule has 0 spiro atoms. The normalized spacial score (nSPS) is 10.1. The van der Waals surface area contributed by atoms with Gasteiger partial charge in [0.15, 0.2) is 0 Å². The van der Waals surface area contributed by atoms with Crippen LogP contribution in [-0.4, -0.2) is 32.8 Å². The van der Waals surface area contributed by atoms with Crippen molar-refractivity contribution < 1.29 is 4.79 Å². The van der Waals surface area contributed by atoms with Gasteiger partial charge in [-0.1, -0.05) is 0 Å². The molecule has 0 aliphatic carbocycles. The van der Waals surface area contributed by atoms with Crippen LogP contribution in [-0.2, 0) is 6.42 Å². The summed E-state index contributed by atoms with van der Waals surface area (Å²) in [6.07, 6.45) is 2.32. The predicted octanol–water partition coefficient (Wildman–Crippen LogP) is -0.535. The Bertz CT molecular complexity index is 526. The monoisotopic (exact) mass is 233 g/mol. The molecule has 0 aromatic carbocycles. The van der Waals surface area contributed by atoms with Gasteiger partial charge in [0.2, 0.25) is 0 Å². The summed E-state index contributed by atoms with van der Waals surface area (Å²) >= 11 is 0. The lowest BCUT2D eigenvalue weighted by molar-refractivity contribution is 0.0948. The fraction of sp³-hybridized carbons (Fsp3) is 0.200. The SMILES string of the molecule is O=C(NCCc1ccn[nH]1)c1ccc(=O)[nH]n1. The summed E-state index contributed by atoms with van der Waals surface area (Å²) in [5.74, 6) is -0.319. The Morgan fingerprint density at radius 2 is 2.18 bits per heavy atom. The Morgan fingerprint density at radius 3 is 2.82 bits per heavy atom. The topological polar surface area (TPSA) is 104 Å². The standard InChI is InChI=1S/C10H11N5O2/c16-9-2-1-8(14-15-9)10(17)11-5-3-7-4-6-12-13-7/h1-2,4,6H,3,5H2,(H,11,17)(H,12,13)(H,15,16). The molecule has 0 unspecified atom stereocenters. The van der Waals surface area contributed by atoms with Gasteiger partial charge >= 0.3 is 0 Å². The molecule has 0 fully saturated rings. The van der Waals surface area contributed by atoms with E-state index in [1.807, 2.05) is 6.07 Å². The molecule has 1 amide bonds. The second-order valence-corrected chi connectivity index (χ2v) is 3.39. The van der Waals surface area contributed by atoms with Crippen molar-refractivity contribution in [3.63, 3.8) is 0 Å². The molecule has 2 heterocycles. The number of carbonyl (C=O) groups excluding carboxylic acids is 1. The minimum Gasteiger partial charge on any atom is -0.350 e. The molecule has 0 aliphatic rings. The van der Waals surface area contributed by atoms with Gasteiger partial charge in [-0.3, -0.25) is 14.7 Å². The first-order valence-electron chi connectivity index (χ1n) is 5.08. The number of nitrogens with one attached hydrogen (secondary N) is 3. The number of aromatic amines is 2. The lowest BCUT2D eigenvalue weighted by atomic mass is 10.3. The maximum absolute atomic E-state index is 11.6. The molecule has 0 bridgehead atoms. The van der Waals surface area contributed by atoms with Gasteiger partial charge in [0.25, 0.3) is 11.5 Å². The van der Waals surface area contributed by atoms with Gasteiger partial charge in [0.1, 0.15) is 5.69 Å². The molecule has 7 nitrogen and oxygen atoms in total. The van der Waals surface area contributed by atoms with E-state index in [2.05, 4.69) is 25.7 Å². The van der Waals surface area contributed by atoms with Crippen molar-refractivity contribution in [1.82, 2.24) is 25.7 Å². The van der Waals surface area contributed by atoms with Gasteiger partial charge in [-0.15, -0.1) is 0 Å². The van der Waals surface area contributed by atoms with Crippen LogP contribution >= 0.6 is 0 Å². The molecule has 0 radical (unpaired) electrons. The lowest BCUT2D eigenvalue weighted by Crippen LogP contribution is -2.27. The molecule has 17 heavy (non-hydrogen) atoms. The third-order valence-corrected chi connectivity index (χ3v) is 2.15. The van der Waals surface area contributed by atoms with E-state index in [0.29, 0.717) is 13.0 Å². The van der Waals surface area contributed by atoms with Crippen LogP contribution in [0.1, 0.15) is 16.2 Å². The highest BCUT2D eigenvalue weighted by atomic mass is 16.2. The zero-order chi connectivity index (χ0) is 12.1. The summed E-state index contributed by atoms with van der Waals surface area (Å²) in [5.41, 5.74) is 0.799. The number of carbonyl (C=O) groups is 1. The molecule has 0 aliphatic heterocycles. The first-order valence-corrected chi connectivity index (χ1v) is 5.08. The largest absolute Gasteiger partial charge is 0.350 e. The second-order valence-electron chi connectivity index (χ2n) is 3.39. The smallest absolute Gasteiger partial charge is 0.271 e. The van der Waals surface area contributed by atoms with Crippen LogP contribution in [0.25, 0.3) is 0 Å². The summed E-state index contributed by atoms with van der Waals surface area (Å²) in [6.45, 7) is 0.474. The molecule has 2 aromatic rings. The van der Waals surface area contributed by atoms with E-state index >= 15 is 0 Å². The Labute approximate surface area is 96.3 Å². The van der Waals surface area contributed by atoms with E-state index in [1.165, 1.54) is 12.1 Å². The zero-order valence-electron chi connectivity index (χ0n) is 8.93. The first-order chi connectivity index (χ1) is 8.25. The Kier molecular flexibility index (Phi) is 3.29. The molecular formula is C10H11N5O2. The Hall–Kier alpha value is -2.44. The first kappa shape index (κ1) is 11.1. The van der Waals surface area contributed by atoms with Gasteiger partial charge < -0.3 is 5.32 Å². The summed E-state index contributed by atoms with van der Waals surface area (Å²) < 4.78 is 0. The fourth-order valence-corrected chi connectivity index (χ4v) is 1.30. The third-order valence-electron chi connectivity index (χ3n) is 2.15. The van der Waals surface area contributed by atoms with Crippen LogP contribution in [0.3, 0.4) is 0 Å². The number of amides is 1. The van der Waals surface area contributed by atoms with Gasteiger partial charge in [0.05, 0.1) is 0 Å². The molecule has 7 heteroatoms. The van der Waals surface area contributed by atoms with Gasteiger partial charge in [-0.05, 0) is 12.1 Å². The zero-order valence-corrected chi connectivity index (χ0v) is 8.93. The van der Waals surface area contributed by atoms with Crippen LogP contribution in [0.2, 0.25) is 0 Å². The van der Waals surface area contributed by atoms with Crippen molar-refractivity contribution in [2.75, 3.05) is 6.54 Å². The Morgan fingerprint density at radius 1 is 1.29 bits per heavy atom. The average Bonchev–Trinajstić information content (AvgIpc) is 2.83. The molecule has 0 atom stereocenters. The fourth-order valence-electron chi connectivity index (χ4n) is 1.30. The maximum atomic E-state index is 11.6. The summed E-state index contributed by atoms with van der Waals surface area (Å²) in [7, 11) is 0. The molecule has 0 saturated carbocycles. The van der Waals surface area contributed by atoms with E-state index < -0.39 is 0 Å². The van der Waals surface area contributed by atoms with Crippen molar-refractivity contribution >= 4 is 5.91 Å². The van der Waals surface area contributed by atoms with Crippen LogP contribution < -0.4 is 10.9 Å². The summed E-state index contributed by atoms with van der Waals surface area (Å²) in [5, 5.41) is 15.1. The van der Waals surface area contributed by atoms with Crippen molar-refractivity contribution in [1.29, 1.82) is 0 Å². The van der Waals surface area contributed by atoms with E-state index in [-0.39, 0.29) is 17.2 Å². The van der Waals surface area contributed by atoms with Crippen molar-refractivity contribution in [3.8, 4) is 0 Å². The summed E-state index contributed by atoms with van der Waals surface area (Å²) in [4.78, 5) is 22.3. The number of nitrogens with zero attached hydrogens (tertiary/aromatic N) is 2. The van der Waals surface area contributed by atoms with Crippen molar-refractivity contribution in [3.05, 3.63) is 46.1 Å². The number of rotatable bonds is 4. The van der Waals surface area contributed by atoms with Crippen molar-refractivity contribution in [2.45, 2.75) is 6.42 Å². The molecule has 2 aromatic heterocycles. The highest BCUT2D eigenvalue weighted by Gasteiger charge is 2.06. The summed E-state index contributed by atoms with van der Waals surface area (Å²) in [6, 6.07) is 4.48. The van der Waals surface area contributed by atoms with Crippen LogP contribution in [0.15, 0.2) is 29.2 Å². The molecule has 2 rings (SSSR count). The minimum atomic E-state index is -0.334. The molecule has 3 N–H and O–H groups in total. The van der Waals surface area contributed by atoms with Crippen LogP contribution in [0.5, 0.6) is 0 Å². The highest BCUT2D eigenvalue weighted by molar-refractivity contribution is 5.91. The van der Waals surface area contributed by atoms with Gasteiger partial charge in [0, 0.05) is 30.9 Å². The quantitative estimate of drug-likeness (QED) is 0.660. The second kappa shape index (κ2) is 5.06. The highest BCUT2D eigenvalue weighted by Crippen LogP contribution is 1.92. The van der Waals surface area contributed by atoms with E-state index in [1.54, 1.807) is 6.20 Å². The van der Waals surface area contributed by atoms with Gasteiger partial charge in [-0.2, -0.15) is 10.2 Å². The number of hydrogen-bond acceptors (Lipinski definition) is 4. The molecule has 88 valence electrons. The third kappa shape index (κ3) is 3.00. The number of aromatic nitrogens is 4. The van der Waals surface area contributed by atoms with E-state index in [0.717, 1.165) is 5.69 Å². The maximum Gasteiger partial charge on any atom is 0.271 e. The Balaban J connectivity index is 1.85.